The van der Waals surface area contributed by atoms with E-state index in [0.717, 1.165) is 11.1 Å². The van der Waals surface area contributed by atoms with Gasteiger partial charge in [0, 0.05) is 11.1 Å². The molecule has 2 aliphatic rings. The Bertz CT molecular complexity index is 953. The molecule has 1 heterocycles. The Morgan fingerprint density at radius 1 is 0.931 bits per heavy atom. The van der Waals surface area contributed by atoms with Crippen LogP contribution in [0.1, 0.15) is 31.1 Å². The highest BCUT2D eigenvalue weighted by Crippen LogP contribution is 2.57. The number of rotatable bonds is 3. The highest BCUT2D eigenvalue weighted by Gasteiger charge is 2.37. The van der Waals surface area contributed by atoms with Crippen LogP contribution < -0.4 is 23.7 Å². The molecule has 29 heavy (non-hydrogen) atoms. The summed E-state index contributed by atoms with van der Waals surface area (Å²) in [6.45, 7) is 4.22. The second-order valence-corrected chi connectivity index (χ2v) is 7.59. The third kappa shape index (κ3) is 2.83. The van der Waals surface area contributed by atoms with E-state index >= 15 is 0 Å². The molecule has 0 fully saturated rings. The van der Waals surface area contributed by atoms with Crippen molar-refractivity contribution in [1.82, 2.24) is 0 Å². The molecule has 2 N–H and O–H groups in total. The normalized spacial score (nSPS) is 22.2. The van der Waals surface area contributed by atoms with Gasteiger partial charge in [0.15, 0.2) is 23.0 Å². The summed E-state index contributed by atoms with van der Waals surface area (Å²) in [7, 11) is 4.54. The minimum atomic E-state index is -0.811. The minimum absolute atomic E-state index is 0.0594. The summed E-state index contributed by atoms with van der Waals surface area (Å²) in [6.07, 6.45) is -0.110. The van der Waals surface area contributed by atoms with E-state index in [4.69, 9.17) is 23.7 Å². The average molecular weight is 402 g/mol. The molecule has 0 amide bonds. The molecule has 2 aromatic rings. The van der Waals surface area contributed by atoms with Crippen LogP contribution in [0.25, 0.3) is 11.1 Å². The highest BCUT2D eigenvalue weighted by atomic mass is 16.7. The van der Waals surface area contributed by atoms with E-state index in [1.807, 2.05) is 13.0 Å². The summed E-state index contributed by atoms with van der Waals surface area (Å²) in [5.41, 5.74) is 2.92. The molecule has 4 rings (SSSR count). The SMILES string of the molecule is COc1c(O)cc2c(c1OC)-c1c(cc3c(c1OC)OCO3)C[C@H](C)[C@H](C)[C@H]2O. The van der Waals surface area contributed by atoms with Gasteiger partial charge < -0.3 is 33.9 Å². The van der Waals surface area contributed by atoms with Gasteiger partial charge in [-0.3, -0.25) is 0 Å². The molecule has 2 aromatic carbocycles. The number of fused-ring (bicyclic) bond motifs is 4. The first kappa shape index (κ1) is 19.5. The number of ether oxygens (including phenoxy) is 5. The van der Waals surface area contributed by atoms with Crippen molar-refractivity contribution in [3.63, 3.8) is 0 Å². The lowest BCUT2D eigenvalue weighted by atomic mass is 9.76. The predicted octanol–water partition coefficient (Wildman–Crippen LogP) is 3.68. The standard InChI is InChI=1S/C22H26O7/c1-10-6-12-7-15-20(29-9-28-15)21(26-4)16(12)17-13(18(24)11(10)2)8-14(23)19(25-3)22(17)27-5/h7-8,10-11,18,23-24H,6,9H2,1-5H3/t10-,11-,18+/m0/s1. The smallest absolute Gasteiger partial charge is 0.231 e. The topological polar surface area (TPSA) is 86.6 Å². The zero-order chi connectivity index (χ0) is 20.9. The number of aliphatic hydroxyl groups is 1. The Kier molecular flexibility index (Phi) is 4.86. The molecule has 156 valence electrons. The van der Waals surface area contributed by atoms with Crippen LogP contribution in [-0.2, 0) is 6.42 Å². The molecule has 0 bridgehead atoms. The fraction of sp³-hybridized carbons (Fsp3) is 0.455. The first-order valence-electron chi connectivity index (χ1n) is 9.58. The van der Waals surface area contributed by atoms with E-state index in [1.54, 1.807) is 13.2 Å². The number of hydrogen-bond acceptors (Lipinski definition) is 7. The summed E-state index contributed by atoms with van der Waals surface area (Å²) in [4.78, 5) is 0. The average Bonchev–Trinajstić information content (AvgIpc) is 3.18. The Morgan fingerprint density at radius 2 is 1.62 bits per heavy atom. The van der Waals surface area contributed by atoms with Crippen LogP contribution in [0.2, 0.25) is 0 Å². The van der Waals surface area contributed by atoms with Crippen molar-refractivity contribution in [2.75, 3.05) is 28.1 Å². The Labute approximate surface area is 169 Å². The van der Waals surface area contributed by atoms with Gasteiger partial charge >= 0.3 is 0 Å². The van der Waals surface area contributed by atoms with Gasteiger partial charge in [-0.2, -0.15) is 0 Å². The van der Waals surface area contributed by atoms with Crippen molar-refractivity contribution in [1.29, 1.82) is 0 Å². The maximum Gasteiger partial charge on any atom is 0.231 e. The van der Waals surface area contributed by atoms with Gasteiger partial charge in [0.25, 0.3) is 0 Å². The molecule has 0 aromatic heterocycles. The number of phenolic OH excluding ortho intramolecular Hbond substituents is 1. The van der Waals surface area contributed by atoms with E-state index in [9.17, 15) is 10.2 Å². The predicted molar refractivity (Wildman–Crippen MR) is 106 cm³/mol. The minimum Gasteiger partial charge on any atom is -0.504 e. The number of hydrogen-bond donors (Lipinski definition) is 2. The van der Waals surface area contributed by atoms with E-state index in [2.05, 4.69) is 6.92 Å². The van der Waals surface area contributed by atoms with Crippen LogP contribution in [0.4, 0.5) is 0 Å². The molecular formula is C22H26O7. The van der Waals surface area contributed by atoms with E-state index in [0.29, 0.717) is 40.5 Å². The Hall–Kier alpha value is -2.80. The van der Waals surface area contributed by atoms with Crippen LogP contribution in [0.5, 0.6) is 34.5 Å². The number of benzene rings is 2. The van der Waals surface area contributed by atoms with Crippen molar-refractivity contribution in [3.8, 4) is 45.6 Å². The highest BCUT2D eigenvalue weighted by molar-refractivity contribution is 5.88. The summed E-state index contributed by atoms with van der Waals surface area (Å²) in [6, 6.07) is 3.51. The molecule has 0 saturated heterocycles. The van der Waals surface area contributed by atoms with Crippen LogP contribution >= 0.6 is 0 Å². The lowest BCUT2D eigenvalue weighted by molar-refractivity contribution is 0.0863. The van der Waals surface area contributed by atoms with Crippen molar-refractivity contribution in [3.05, 3.63) is 23.3 Å². The van der Waals surface area contributed by atoms with Gasteiger partial charge in [-0.15, -0.1) is 0 Å². The zero-order valence-corrected chi connectivity index (χ0v) is 17.2. The molecule has 0 spiro atoms. The molecule has 7 nitrogen and oxygen atoms in total. The van der Waals surface area contributed by atoms with Crippen molar-refractivity contribution >= 4 is 0 Å². The van der Waals surface area contributed by atoms with Gasteiger partial charge in [0.2, 0.25) is 18.3 Å². The number of aromatic hydroxyl groups is 1. The van der Waals surface area contributed by atoms with Crippen LogP contribution in [0.15, 0.2) is 12.1 Å². The lowest BCUT2D eigenvalue weighted by Gasteiger charge is -2.33. The third-order valence-electron chi connectivity index (χ3n) is 6.07. The van der Waals surface area contributed by atoms with Gasteiger partial charge in [0.1, 0.15) is 0 Å². The molecule has 1 aliphatic heterocycles. The molecule has 7 heteroatoms. The maximum absolute atomic E-state index is 11.2. The Morgan fingerprint density at radius 3 is 2.28 bits per heavy atom. The first-order valence-corrected chi connectivity index (χ1v) is 9.58. The van der Waals surface area contributed by atoms with Crippen LogP contribution in [-0.4, -0.2) is 38.3 Å². The van der Waals surface area contributed by atoms with E-state index in [1.165, 1.54) is 14.2 Å². The van der Waals surface area contributed by atoms with Crippen molar-refractivity contribution in [2.24, 2.45) is 11.8 Å². The number of methoxy groups -OCH3 is 3. The largest absolute Gasteiger partial charge is 0.504 e. The number of aliphatic hydroxyl groups excluding tert-OH is 1. The molecule has 3 atom stereocenters. The molecule has 0 saturated carbocycles. The van der Waals surface area contributed by atoms with E-state index in [-0.39, 0.29) is 30.1 Å². The lowest BCUT2D eigenvalue weighted by Crippen LogP contribution is -2.22. The van der Waals surface area contributed by atoms with Crippen LogP contribution in [0, 0.1) is 11.8 Å². The summed E-state index contributed by atoms with van der Waals surface area (Å²) < 4.78 is 28.1. The summed E-state index contributed by atoms with van der Waals surface area (Å²) >= 11 is 0. The monoisotopic (exact) mass is 402 g/mol. The Balaban J connectivity index is 2.16. The summed E-state index contributed by atoms with van der Waals surface area (Å²) in [5, 5.41) is 21.7. The molecular weight excluding hydrogens is 376 g/mol. The zero-order valence-electron chi connectivity index (χ0n) is 17.2. The summed E-state index contributed by atoms with van der Waals surface area (Å²) in [5.74, 6) is 2.20. The molecule has 0 unspecified atom stereocenters. The second kappa shape index (κ2) is 7.22. The fourth-order valence-corrected chi connectivity index (χ4v) is 4.35. The fourth-order valence-electron chi connectivity index (χ4n) is 4.35. The maximum atomic E-state index is 11.2. The second-order valence-electron chi connectivity index (χ2n) is 7.59. The van der Waals surface area contributed by atoms with E-state index < -0.39 is 6.10 Å². The quantitative estimate of drug-likeness (QED) is 0.810. The molecule has 1 aliphatic carbocycles. The third-order valence-corrected chi connectivity index (χ3v) is 6.07. The molecule has 0 radical (unpaired) electrons. The first-order chi connectivity index (χ1) is 13.9. The van der Waals surface area contributed by atoms with Gasteiger partial charge in [-0.05, 0) is 41.5 Å². The van der Waals surface area contributed by atoms with Crippen LogP contribution in [0.3, 0.4) is 0 Å². The number of phenols is 1. The van der Waals surface area contributed by atoms with Gasteiger partial charge in [-0.25, -0.2) is 0 Å². The van der Waals surface area contributed by atoms with Gasteiger partial charge in [0.05, 0.1) is 27.4 Å². The van der Waals surface area contributed by atoms with Gasteiger partial charge in [-0.1, -0.05) is 13.8 Å². The van der Waals surface area contributed by atoms with Crippen molar-refractivity contribution < 1.29 is 33.9 Å². The van der Waals surface area contributed by atoms with Crippen molar-refractivity contribution in [2.45, 2.75) is 26.4 Å².